The number of carboxylic acid groups (broad SMARTS) is 1. The summed E-state index contributed by atoms with van der Waals surface area (Å²) in [4.78, 5) is 10.8. The van der Waals surface area contributed by atoms with Gasteiger partial charge in [-0.1, -0.05) is 17.7 Å². The second kappa shape index (κ2) is 8.85. The summed E-state index contributed by atoms with van der Waals surface area (Å²) in [6.45, 7) is 11.8. The molecule has 0 bridgehead atoms. The first-order valence-corrected chi connectivity index (χ1v) is 10.1. The predicted octanol–water partition coefficient (Wildman–Crippen LogP) is 5.94. The van der Waals surface area contributed by atoms with Gasteiger partial charge in [0.25, 0.3) is 0 Å². The lowest BCUT2D eigenvalue weighted by Crippen LogP contribution is -2.37. The highest BCUT2D eigenvalue weighted by molar-refractivity contribution is 5.85. The van der Waals surface area contributed by atoms with Gasteiger partial charge < -0.3 is 14.9 Å². The standard InChI is InChI=1S/C24H34O4/c1-15(9-7-11-16(2)23(26)27)10-8-13-24(6)14-12-20-19(5)21(25)17(3)18(4)22(20)28-24/h10-11,25H,7-9,12-14H2,1-6H3,(H,26,27)/b15-10+,16-11+/t24-/m1/s1. The lowest BCUT2D eigenvalue weighted by Gasteiger charge is -2.38. The van der Waals surface area contributed by atoms with Crippen molar-refractivity contribution in [3.05, 3.63) is 45.6 Å². The molecule has 28 heavy (non-hydrogen) atoms. The Kier molecular flexibility index (Phi) is 6.97. The Balaban J connectivity index is 1.99. The fourth-order valence-corrected chi connectivity index (χ4v) is 3.80. The Morgan fingerprint density at radius 1 is 1.11 bits per heavy atom. The number of carbonyl (C=O) groups is 1. The molecule has 1 aliphatic heterocycles. The monoisotopic (exact) mass is 386 g/mol. The molecule has 2 rings (SSSR count). The van der Waals surface area contributed by atoms with Crippen LogP contribution in [0.3, 0.4) is 0 Å². The summed E-state index contributed by atoms with van der Waals surface area (Å²) in [6, 6.07) is 0. The van der Waals surface area contributed by atoms with Gasteiger partial charge >= 0.3 is 5.97 Å². The third-order valence-corrected chi connectivity index (χ3v) is 6.09. The Morgan fingerprint density at radius 3 is 2.43 bits per heavy atom. The number of rotatable bonds is 7. The number of aliphatic carboxylic acids is 1. The van der Waals surface area contributed by atoms with E-state index >= 15 is 0 Å². The second-order valence-electron chi connectivity index (χ2n) is 8.40. The number of phenolic OH excluding ortho intramolecular Hbond substituents is 1. The maximum atomic E-state index is 10.8. The maximum absolute atomic E-state index is 10.8. The summed E-state index contributed by atoms with van der Waals surface area (Å²) in [6.07, 6.45) is 9.40. The topological polar surface area (TPSA) is 66.8 Å². The van der Waals surface area contributed by atoms with Crippen LogP contribution in [0.2, 0.25) is 0 Å². The van der Waals surface area contributed by atoms with Crippen LogP contribution in [0.15, 0.2) is 23.3 Å². The molecule has 0 saturated heterocycles. The van der Waals surface area contributed by atoms with Crippen molar-refractivity contribution in [2.75, 3.05) is 0 Å². The van der Waals surface area contributed by atoms with Gasteiger partial charge in [0.15, 0.2) is 0 Å². The molecule has 4 nitrogen and oxygen atoms in total. The van der Waals surface area contributed by atoms with Crippen LogP contribution in [0.4, 0.5) is 0 Å². The zero-order valence-corrected chi connectivity index (χ0v) is 18.1. The summed E-state index contributed by atoms with van der Waals surface area (Å²) in [5.41, 5.74) is 5.51. The summed E-state index contributed by atoms with van der Waals surface area (Å²) in [7, 11) is 0. The number of benzene rings is 1. The Bertz CT molecular complexity index is 817. The van der Waals surface area contributed by atoms with Crippen LogP contribution in [0.25, 0.3) is 0 Å². The maximum Gasteiger partial charge on any atom is 0.330 e. The number of fused-ring (bicyclic) bond motifs is 1. The van der Waals surface area contributed by atoms with Gasteiger partial charge in [-0.25, -0.2) is 4.79 Å². The molecule has 1 aromatic carbocycles. The van der Waals surface area contributed by atoms with E-state index in [2.05, 4.69) is 19.9 Å². The average molecular weight is 387 g/mol. The van der Waals surface area contributed by atoms with E-state index in [1.54, 1.807) is 13.0 Å². The van der Waals surface area contributed by atoms with Crippen molar-refractivity contribution in [3.8, 4) is 11.5 Å². The second-order valence-corrected chi connectivity index (χ2v) is 8.40. The molecule has 0 amide bonds. The molecular formula is C24H34O4. The Labute approximate surface area is 168 Å². The first kappa shape index (κ1) is 22.1. The largest absolute Gasteiger partial charge is 0.507 e. The molecule has 1 aliphatic rings. The van der Waals surface area contributed by atoms with Crippen molar-refractivity contribution in [1.82, 2.24) is 0 Å². The third-order valence-electron chi connectivity index (χ3n) is 6.09. The van der Waals surface area contributed by atoms with E-state index in [1.807, 2.05) is 20.8 Å². The van der Waals surface area contributed by atoms with Crippen LogP contribution in [-0.4, -0.2) is 21.8 Å². The van der Waals surface area contributed by atoms with Gasteiger partial charge in [0, 0.05) is 11.1 Å². The summed E-state index contributed by atoms with van der Waals surface area (Å²) >= 11 is 0. The van der Waals surface area contributed by atoms with Gasteiger partial charge in [-0.05, 0) is 96.8 Å². The van der Waals surface area contributed by atoms with Gasteiger partial charge in [0.1, 0.15) is 17.1 Å². The normalized spacial score (nSPS) is 19.9. The zero-order chi connectivity index (χ0) is 21.1. The lowest BCUT2D eigenvalue weighted by atomic mass is 9.85. The van der Waals surface area contributed by atoms with Crippen LogP contribution in [-0.2, 0) is 11.2 Å². The molecule has 2 N–H and O–H groups in total. The van der Waals surface area contributed by atoms with Crippen molar-refractivity contribution in [2.24, 2.45) is 0 Å². The Hall–Kier alpha value is -2.23. The van der Waals surface area contributed by atoms with E-state index < -0.39 is 5.97 Å². The lowest BCUT2D eigenvalue weighted by molar-refractivity contribution is -0.132. The smallest absolute Gasteiger partial charge is 0.330 e. The van der Waals surface area contributed by atoms with Gasteiger partial charge in [0.05, 0.1) is 0 Å². The van der Waals surface area contributed by atoms with Crippen LogP contribution >= 0.6 is 0 Å². The van der Waals surface area contributed by atoms with E-state index in [4.69, 9.17) is 9.84 Å². The quantitative estimate of drug-likeness (QED) is 0.449. The van der Waals surface area contributed by atoms with Crippen LogP contribution in [0.1, 0.15) is 75.1 Å². The van der Waals surface area contributed by atoms with Crippen molar-refractivity contribution >= 4 is 5.97 Å². The molecule has 0 radical (unpaired) electrons. The van der Waals surface area contributed by atoms with Crippen LogP contribution < -0.4 is 4.74 Å². The minimum absolute atomic E-state index is 0.204. The molecule has 0 aromatic heterocycles. The molecular weight excluding hydrogens is 352 g/mol. The van der Waals surface area contributed by atoms with E-state index in [-0.39, 0.29) is 5.60 Å². The molecule has 0 spiro atoms. The summed E-state index contributed by atoms with van der Waals surface area (Å²) < 4.78 is 6.47. The van der Waals surface area contributed by atoms with E-state index in [1.165, 1.54) is 5.57 Å². The highest BCUT2D eigenvalue weighted by Crippen LogP contribution is 2.44. The number of phenols is 1. The fraction of sp³-hybridized carbons (Fsp3) is 0.542. The van der Waals surface area contributed by atoms with Crippen molar-refractivity contribution in [1.29, 1.82) is 0 Å². The first-order valence-electron chi connectivity index (χ1n) is 10.1. The molecule has 0 unspecified atom stereocenters. The number of ether oxygens (including phenoxy) is 1. The van der Waals surface area contributed by atoms with Crippen LogP contribution in [0, 0.1) is 20.8 Å². The number of hydrogen-bond donors (Lipinski definition) is 2. The SMILES string of the molecule is C/C(=C\CC[C@]1(C)CCc2c(C)c(O)c(C)c(C)c2O1)CC/C=C(\C)C(=O)O. The number of aromatic hydroxyl groups is 1. The van der Waals surface area contributed by atoms with E-state index in [0.717, 1.165) is 66.5 Å². The molecule has 0 aliphatic carbocycles. The predicted molar refractivity (Wildman–Crippen MR) is 113 cm³/mol. The zero-order valence-electron chi connectivity index (χ0n) is 18.1. The van der Waals surface area contributed by atoms with Crippen molar-refractivity contribution < 1.29 is 19.7 Å². The molecule has 0 fully saturated rings. The number of allylic oxidation sites excluding steroid dienone is 3. The minimum atomic E-state index is -0.849. The molecule has 0 saturated carbocycles. The van der Waals surface area contributed by atoms with Gasteiger partial charge in [0.2, 0.25) is 0 Å². The van der Waals surface area contributed by atoms with E-state index in [0.29, 0.717) is 11.3 Å². The first-order chi connectivity index (χ1) is 13.1. The number of hydrogen-bond acceptors (Lipinski definition) is 3. The minimum Gasteiger partial charge on any atom is -0.507 e. The van der Waals surface area contributed by atoms with Crippen LogP contribution in [0.5, 0.6) is 11.5 Å². The van der Waals surface area contributed by atoms with Gasteiger partial charge in [-0.3, -0.25) is 0 Å². The molecule has 4 heteroatoms. The third kappa shape index (κ3) is 4.98. The Morgan fingerprint density at radius 2 is 1.79 bits per heavy atom. The van der Waals surface area contributed by atoms with Crippen molar-refractivity contribution in [3.63, 3.8) is 0 Å². The van der Waals surface area contributed by atoms with Gasteiger partial charge in [-0.2, -0.15) is 0 Å². The highest BCUT2D eigenvalue weighted by Gasteiger charge is 2.33. The van der Waals surface area contributed by atoms with Gasteiger partial charge in [-0.15, -0.1) is 0 Å². The number of carboxylic acids is 1. The molecule has 154 valence electrons. The molecule has 1 atom stereocenters. The average Bonchev–Trinajstić information content (AvgIpc) is 2.64. The molecule has 1 aromatic rings. The fourth-order valence-electron chi connectivity index (χ4n) is 3.80. The van der Waals surface area contributed by atoms with E-state index in [9.17, 15) is 9.90 Å². The summed E-state index contributed by atoms with van der Waals surface area (Å²) in [5.74, 6) is 0.504. The summed E-state index contributed by atoms with van der Waals surface area (Å²) in [5, 5.41) is 19.2. The molecule has 1 heterocycles. The van der Waals surface area contributed by atoms with Crippen molar-refractivity contribution in [2.45, 2.75) is 85.7 Å². The highest BCUT2D eigenvalue weighted by atomic mass is 16.5.